The quantitative estimate of drug-likeness (QED) is 0.400. The molecule has 4 rings (SSSR count). The fourth-order valence-electron chi connectivity index (χ4n) is 2.89. The minimum atomic E-state index is 0.477. The molecule has 0 fully saturated rings. The van der Waals surface area contributed by atoms with Gasteiger partial charge in [-0.1, -0.05) is 46.7 Å². The maximum Gasteiger partial charge on any atom is 0.259 e. The molecular formula is C23H20N2O3S. The van der Waals surface area contributed by atoms with Gasteiger partial charge in [0.05, 0.1) is 19.8 Å². The third kappa shape index (κ3) is 4.12. The highest BCUT2D eigenvalue weighted by atomic mass is 32.2. The standard InChI is InChI=1S/C23H20N2O3S/c1-15-8-11-17(12-9-15)29-21-7-5-4-6-18(21)23-24-22(25-28-23)16-10-13-19(26-2)20(14-16)27-3/h4-14H,1-3H3. The molecule has 4 aromatic rings. The molecule has 0 saturated heterocycles. The van der Waals surface area contributed by atoms with Gasteiger partial charge in [-0.05, 0) is 49.4 Å². The molecule has 0 amide bonds. The Kier molecular flexibility index (Phi) is 5.53. The van der Waals surface area contributed by atoms with Crippen molar-refractivity contribution in [3.8, 4) is 34.3 Å². The predicted molar refractivity (Wildman–Crippen MR) is 114 cm³/mol. The average molecular weight is 404 g/mol. The van der Waals surface area contributed by atoms with E-state index in [1.807, 2.05) is 36.4 Å². The van der Waals surface area contributed by atoms with Crippen molar-refractivity contribution in [1.82, 2.24) is 10.1 Å². The van der Waals surface area contributed by atoms with E-state index in [1.165, 1.54) is 5.56 Å². The van der Waals surface area contributed by atoms with E-state index in [9.17, 15) is 0 Å². The van der Waals surface area contributed by atoms with Crippen LogP contribution in [0.4, 0.5) is 0 Å². The van der Waals surface area contributed by atoms with Gasteiger partial charge in [0.2, 0.25) is 5.82 Å². The Morgan fingerprint density at radius 2 is 1.62 bits per heavy atom. The van der Waals surface area contributed by atoms with E-state index in [1.54, 1.807) is 26.0 Å². The molecule has 0 N–H and O–H groups in total. The van der Waals surface area contributed by atoms with Gasteiger partial charge in [-0.3, -0.25) is 0 Å². The van der Waals surface area contributed by atoms with E-state index in [0.717, 1.165) is 20.9 Å². The number of aromatic nitrogens is 2. The third-order valence-electron chi connectivity index (χ3n) is 4.43. The van der Waals surface area contributed by atoms with Gasteiger partial charge in [-0.15, -0.1) is 0 Å². The zero-order chi connectivity index (χ0) is 20.2. The van der Waals surface area contributed by atoms with Crippen LogP contribution in [0.5, 0.6) is 11.5 Å². The lowest BCUT2D eigenvalue weighted by Crippen LogP contribution is -1.91. The molecule has 0 radical (unpaired) electrons. The first-order valence-electron chi connectivity index (χ1n) is 9.08. The SMILES string of the molecule is COc1ccc(-c2noc(-c3ccccc3Sc3ccc(C)cc3)n2)cc1OC. The van der Waals surface area contributed by atoms with Crippen molar-refractivity contribution >= 4 is 11.8 Å². The van der Waals surface area contributed by atoms with Crippen LogP contribution in [0.15, 0.2) is 81.0 Å². The van der Waals surface area contributed by atoms with Gasteiger partial charge in [-0.2, -0.15) is 4.98 Å². The maximum atomic E-state index is 5.59. The number of ether oxygens (including phenoxy) is 2. The van der Waals surface area contributed by atoms with Gasteiger partial charge in [0.25, 0.3) is 5.89 Å². The van der Waals surface area contributed by atoms with Crippen molar-refractivity contribution in [3.05, 3.63) is 72.3 Å². The maximum absolute atomic E-state index is 5.59. The van der Waals surface area contributed by atoms with Crippen LogP contribution in [0.1, 0.15) is 5.56 Å². The van der Waals surface area contributed by atoms with Gasteiger partial charge in [0.15, 0.2) is 11.5 Å². The first-order chi connectivity index (χ1) is 14.2. The van der Waals surface area contributed by atoms with Crippen LogP contribution >= 0.6 is 11.8 Å². The van der Waals surface area contributed by atoms with Crippen molar-refractivity contribution < 1.29 is 14.0 Å². The van der Waals surface area contributed by atoms with Gasteiger partial charge < -0.3 is 14.0 Å². The van der Waals surface area contributed by atoms with Crippen molar-refractivity contribution in [2.24, 2.45) is 0 Å². The first kappa shape index (κ1) is 19.1. The summed E-state index contributed by atoms with van der Waals surface area (Å²) in [6.45, 7) is 2.08. The second kappa shape index (κ2) is 8.41. The molecule has 0 aliphatic heterocycles. The normalized spacial score (nSPS) is 10.7. The van der Waals surface area contributed by atoms with Gasteiger partial charge in [0.1, 0.15) is 0 Å². The van der Waals surface area contributed by atoms with E-state index in [-0.39, 0.29) is 0 Å². The van der Waals surface area contributed by atoms with E-state index in [2.05, 4.69) is 47.4 Å². The van der Waals surface area contributed by atoms with Gasteiger partial charge >= 0.3 is 0 Å². The Balaban J connectivity index is 1.66. The molecule has 0 atom stereocenters. The van der Waals surface area contributed by atoms with E-state index in [0.29, 0.717) is 23.2 Å². The topological polar surface area (TPSA) is 57.4 Å². The number of methoxy groups -OCH3 is 2. The third-order valence-corrected chi connectivity index (χ3v) is 5.52. The summed E-state index contributed by atoms with van der Waals surface area (Å²) >= 11 is 1.67. The lowest BCUT2D eigenvalue weighted by Gasteiger charge is -2.07. The minimum absolute atomic E-state index is 0.477. The highest BCUT2D eigenvalue weighted by molar-refractivity contribution is 7.99. The largest absolute Gasteiger partial charge is 0.493 e. The summed E-state index contributed by atoms with van der Waals surface area (Å²) in [4.78, 5) is 6.82. The summed E-state index contributed by atoms with van der Waals surface area (Å²) in [6.07, 6.45) is 0. The van der Waals surface area contributed by atoms with Gasteiger partial charge in [-0.25, -0.2) is 0 Å². The molecule has 1 aromatic heterocycles. The van der Waals surface area contributed by atoms with Crippen LogP contribution in [0.3, 0.4) is 0 Å². The van der Waals surface area contributed by atoms with Crippen molar-refractivity contribution in [1.29, 1.82) is 0 Å². The number of rotatable bonds is 6. The summed E-state index contributed by atoms with van der Waals surface area (Å²) in [5.74, 6) is 2.24. The van der Waals surface area contributed by atoms with E-state index in [4.69, 9.17) is 14.0 Å². The minimum Gasteiger partial charge on any atom is -0.493 e. The fraction of sp³-hybridized carbons (Fsp3) is 0.130. The average Bonchev–Trinajstić information content (AvgIpc) is 3.25. The predicted octanol–water partition coefficient (Wildman–Crippen LogP) is 5.88. The van der Waals surface area contributed by atoms with Crippen LogP contribution in [0.2, 0.25) is 0 Å². The molecule has 0 bridgehead atoms. The molecule has 1 heterocycles. The number of hydrogen-bond acceptors (Lipinski definition) is 6. The highest BCUT2D eigenvalue weighted by Gasteiger charge is 2.16. The van der Waals surface area contributed by atoms with Gasteiger partial charge in [0, 0.05) is 15.4 Å². The summed E-state index contributed by atoms with van der Waals surface area (Å²) in [7, 11) is 3.20. The van der Waals surface area contributed by atoms with E-state index < -0.39 is 0 Å². The number of nitrogens with zero attached hydrogens (tertiary/aromatic N) is 2. The van der Waals surface area contributed by atoms with Crippen molar-refractivity contribution in [2.45, 2.75) is 16.7 Å². The summed E-state index contributed by atoms with van der Waals surface area (Å²) in [5.41, 5.74) is 2.93. The summed E-state index contributed by atoms with van der Waals surface area (Å²) in [5, 5.41) is 4.16. The fourth-order valence-corrected chi connectivity index (χ4v) is 3.83. The monoisotopic (exact) mass is 404 g/mol. The smallest absolute Gasteiger partial charge is 0.259 e. The summed E-state index contributed by atoms with van der Waals surface area (Å²) in [6, 6.07) is 22.0. The lowest BCUT2D eigenvalue weighted by molar-refractivity contribution is 0.355. The van der Waals surface area contributed by atoms with Crippen LogP contribution in [0.25, 0.3) is 22.8 Å². The molecular weight excluding hydrogens is 384 g/mol. The lowest BCUT2D eigenvalue weighted by atomic mass is 10.2. The van der Waals surface area contributed by atoms with E-state index >= 15 is 0 Å². The molecule has 3 aromatic carbocycles. The second-order valence-corrected chi connectivity index (χ2v) is 7.52. The molecule has 146 valence electrons. The van der Waals surface area contributed by atoms with Crippen LogP contribution in [-0.4, -0.2) is 24.4 Å². The number of benzene rings is 3. The molecule has 0 unspecified atom stereocenters. The molecule has 0 aliphatic carbocycles. The Bertz CT molecular complexity index is 1120. The number of aryl methyl sites for hydroxylation is 1. The zero-order valence-electron chi connectivity index (χ0n) is 16.4. The molecule has 29 heavy (non-hydrogen) atoms. The Labute approximate surface area is 173 Å². The Hall–Kier alpha value is -3.25. The van der Waals surface area contributed by atoms with Crippen LogP contribution in [-0.2, 0) is 0 Å². The molecule has 0 aliphatic rings. The molecule has 5 nitrogen and oxygen atoms in total. The number of hydrogen-bond donors (Lipinski definition) is 0. The van der Waals surface area contributed by atoms with Crippen molar-refractivity contribution in [2.75, 3.05) is 14.2 Å². The van der Waals surface area contributed by atoms with Crippen LogP contribution < -0.4 is 9.47 Å². The Morgan fingerprint density at radius 1 is 0.862 bits per heavy atom. The van der Waals surface area contributed by atoms with Crippen LogP contribution in [0, 0.1) is 6.92 Å². The first-order valence-corrected chi connectivity index (χ1v) is 9.89. The zero-order valence-corrected chi connectivity index (χ0v) is 17.2. The molecule has 6 heteroatoms. The highest BCUT2D eigenvalue weighted by Crippen LogP contribution is 2.37. The molecule has 0 saturated carbocycles. The second-order valence-electron chi connectivity index (χ2n) is 6.40. The Morgan fingerprint density at radius 3 is 2.38 bits per heavy atom. The van der Waals surface area contributed by atoms with Crippen molar-refractivity contribution in [3.63, 3.8) is 0 Å². The molecule has 0 spiro atoms. The summed E-state index contributed by atoms with van der Waals surface area (Å²) < 4.78 is 16.2.